The van der Waals surface area contributed by atoms with Crippen LogP contribution >= 0.6 is 0 Å². The number of fused-ring (bicyclic) bond motifs is 2. The molecule has 0 radical (unpaired) electrons. The summed E-state index contributed by atoms with van der Waals surface area (Å²) < 4.78 is 11.2. The number of nitrogens with zero attached hydrogens (tertiary/aromatic N) is 2. The normalized spacial score (nSPS) is 16.3. The number of hydrogen-bond acceptors (Lipinski definition) is 6. The lowest BCUT2D eigenvalue weighted by Gasteiger charge is -2.21. The lowest BCUT2D eigenvalue weighted by Crippen LogP contribution is -2.25. The molecule has 33 heavy (non-hydrogen) atoms. The molecule has 8 heteroatoms. The molecule has 3 aromatic rings. The average Bonchev–Trinajstić information content (AvgIpc) is 3.42. The van der Waals surface area contributed by atoms with E-state index in [0.717, 1.165) is 72.4 Å². The third-order valence-electron chi connectivity index (χ3n) is 6.62. The van der Waals surface area contributed by atoms with E-state index < -0.39 is 0 Å². The van der Waals surface area contributed by atoms with Gasteiger partial charge >= 0.3 is 0 Å². The van der Waals surface area contributed by atoms with E-state index in [9.17, 15) is 9.90 Å². The standard InChI is InChI=1S/C25H30N4O4/c26-6-1-7-33-19-3-2-17-14-29(15-18(17)11-19)25(31)21-12-20-22(10-16-4-8-32-9-5-16)27-28-23(20)13-24(21)30/h2-3,11-13,16,30H,1,4-10,14-15,26H2,(H,27,28). The zero-order valence-electron chi connectivity index (χ0n) is 18.7. The fourth-order valence-electron chi connectivity index (χ4n) is 4.71. The number of phenolic OH excluding ortho intramolecular Hbond substituents is 1. The van der Waals surface area contributed by atoms with Crippen molar-refractivity contribution in [2.45, 2.75) is 38.8 Å². The quantitative estimate of drug-likeness (QED) is 0.477. The first-order chi connectivity index (χ1) is 16.1. The van der Waals surface area contributed by atoms with Crippen molar-refractivity contribution >= 4 is 16.8 Å². The van der Waals surface area contributed by atoms with Gasteiger partial charge in [-0.2, -0.15) is 5.10 Å². The number of benzene rings is 2. The number of carbonyl (C=O) groups is 1. The fourth-order valence-corrected chi connectivity index (χ4v) is 4.71. The Bertz CT molecular complexity index is 1150. The molecule has 4 N–H and O–H groups in total. The highest BCUT2D eigenvalue weighted by Crippen LogP contribution is 2.33. The molecule has 2 aliphatic heterocycles. The van der Waals surface area contributed by atoms with Gasteiger partial charge in [0.15, 0.2) is 0 Å². The van der Waals surface area contributed by atoms with Crippen molar-refractivity contribution in [2.24, 2.45) is 11.7 Å². The number of rotatable bonds is 7. The Morgan fingerprint density at radius 2 is 2.03 bits per heavy atom. The Balaban J connectivity index is 1.34. The molecule has 1 amide bonds. The van der Waals surface area contributed by atoms with Crippen molar-refractivity contribution in [1.29, 1.82) is 0 Å². The molecule has 1 saturated heterocycles. The molecule has 1 fully saturated rings. The Hall–Kier alpha value is -3.10. The van der Waals surface area contributed by atoms with Gasteiger partial charge in [0.25, 0.3) is 5.91 Å². The van der Waals surface area contributed by atoms with Crippen LogP contribution in [0.15, 0.2) is 30.3 Å². The summed E-state index contributed by atoms with van der Waals surface area (Å²) in [4.78, 5) is 15.1. The fraction of sp³-hybridized carbons (Fsp3) is 0.440. The minimum absolute atomic E-state index is 0.0319. The molecule has 8 nitrogen and oxygen atoms in total. The summed E-state index contributed by atoms with van der Waals surface area (Å²) in [5.74, 6) is 1.09. The Morgan fingerprint density at radius 1 is 1.21 bits per heavy atom. The van der Waals surface area contributed by atoms with Crippen LogP contribution < -0.4 is 10.5 Å². The van der Waals surface area contributed by atoms with Gasteiger partial charge in [-0.1, -0.05) is 6.07 Å². The second-order valence-electron chi connectivity index (χ2n) is 8.93. The summed E-state index contributed by atoms with van der Waals surface area (Å²) >= 11 is 0. The van der Waals surface area contributed by atoms with E-state index in [1.165, 1.54) is 0 Å². The zero-order valence-corrected chi connectivity index (χ0v) is 18.7. The summed E-state index contributed by atoms with van der Waals surface area (Å²) in [7, 11) is 0. The van der Waals surface area contributed by atoms with E-state index in [0.29, 0.717) is 37.7 Å². The first kappa shape index (κ1) is 21.7. The van der Waals surface area contributed by atoms with Crippen LogP contribution in [0.5, 0.6) is 11.5 Å². The maximum atomic E-state index is 13.4. The summed E-state index contributed by atoms with van der Waals surface area (Å²) in [6.45, 7) is 3.73. The first-order valence-electron chi connectivity index (χ1n) is 11.6. The maximum absolute atomic E-state index is 13.4. The minimum atomic E-state index is -0.186. The largest absolute Gasteiger partial charge is 0.507 e. The van der Waals surface area contributed by atoms with Crippen molar-refractivity contribution in [3.63, 3.8) is 0 Å². The lowest BCUT2D eigenvalue weighted by atomic mass is 9.93. The molecule has 1 aromatic heterocycles. The SMILES string of the molecule is NCCCOc1ccc2c(c1)CN(C(=O)c1cc3c(CC4CCOCC4)n[nH]c3cc1O)C2. The van der Waals surface area contributed by atoms with Crippen LogP contribution in [0.3, 0.4) is 0 Å². The third-order valence-corrected chi connectivity index (χ3v) is 6.62. The number of ether oxygens (including phenoxy) is 2. The molecule has 0 bridgehead atoms. The monoisotopic (exact) mass is 450 g/mol. The highest BCUT2D eigenvalue weighted by molar-refractivity contribution is 6.01. The highest BCUT2D eigenvalue weighted by atomic mass is 16.5. The summed E-state index contributed by atoms with van der Waals surface area (Å²) in [6, 6.07) is 9.32. The maximum Gasteiger partial charge on any atom is 0.258 e. The van der Waals surface area contributed by atoms with Gasteiger partial charge in [-0.3, -0.25) is 9.89 Å². The molecular weight excluding hydrogens is 420 g/mol. The van der Waals surface area contributed by atoms with E-state index in [4.69, 9.17) is 15.2 Å². The van der Waals surface area contributed by atoms with E-state index in [-0.39, 0.29) is 11.7 Å². The number of H-pyrrole nitrogens is 1. The van der Waals surface area contributed by atoms with Crippen molar-refractivity contribution < 1.29 is 19.4 Å². The second kappa shape index (κ2) is 9.41. The Morgan fingerprint density at radius 3 is 2.85 bits per heavy atom. The predicted octanol–water partition coefficient (Wildman–Crippen LogP) is 3.12. The van der Waals surface area contributed by atoms with Crippen LogP contribution in [0.25, 0.3) is 10.9 Å². The Labute approximate surface area is 192 Å². The zero-order chi connectivity index (χ0) is 22.8. The molecule has 5 rings (SSSR count). The van der Waals surface area contributed by atoms with E-state index in [2.05, 4.69) is 10.2 Å². The molecular formula is C25H30N4O4. The summed E-state index contributed by atoms with van der Waals surface area (Å²) in [5.41, 5.74) is 9.69. The molecule has 2 aliphatic rings. The average molecular weight is 451 g/mol. The third kappa shape index (κ3) is 4.54. The molecule has 0 atom stereocenters. The van der Waals surface area contributed by atoms with Crippen LogP contribution in [-0.2, 0) is 24.2 Å². The van der Waals surface area contributed by atoms with Gasteiger partial charge in [-0.25, -0.2) is 0 Å². The number of nitrogens with two attached hydrogens (primary N) is 1. The number of phenols is 1. The number of amides is 1. The molecule has 0 spiro atoms. The van der Waals surface area contributed by atoms with Crippen molar-refractivity contribution in [1.82, 2.24) is 15.1 Å². The minimum Gasteiger partial charge on any atom is -0.507 e. The van der Waals surface area contributed by atoms with E-state index in [1.807, 2.05) is 18.2 Å². The van der Waals surface area contributed by atoms with Crippen LogP contribution in [0.1, 0.15) is 46.4 Å². The van der Waals surface area contributed by atoms with Crippen molar-refractivity contribution in [2.75, 3.05) is 26.4 Å². The van der Waals surface area contributed by atoms with Crippen LogP contribution in [-0.4, -0.2) is 52.5 Å². The summed E-state index contributed by atoms with van der Waals surface area (Å²) in [5, 5.41) is 19.0. The molecule has 174 valence electrons. The lowest BCUT2D eigenvalue weighted by molar-refractivity contribution is 0.0663. The van der Waals surface area contributed by atoms with Gasteiger partial charge in [-0.05, 0) is 67.5 Å². The molecule has 3 heterocycles. The molecule has 0 unspecified atom stereocenters. The number of nitrogens with one attached hydrogen (secondary N) is 1. The second-order valence-corrected chi connectivity index (χ2v) is 8.93. The predicted molar refractivity (Wildman–Crippen MR) is 124 cm³/mol. The molecule has 2 aromatic carbocycles. The highest BCUT2D eigenvalue weighted by Gasteiger charge is 2.27. The van der Waals surface area contributed by atoms with E-state index in [1.54, 1.807) is 17.0 Å². The van der Waals surface area contributed by atoms with Gasteiger partial charge < -0.3 is 25.2 Å². The Kier molecular flexibility index (Phi) is 6.20. The first-order valence-corrected chi connectivity index (χ1v) is 11.6. The summed E-state index contributed by atoms with van der Waals surface area (Å²) in [6.07, 6.45) is 3.67. The van der Waals surface area contributed by atoms with Crippen LogP contribution in [0, 0.1) is 5.92 Å². The number of carbonyl (C=O) groups excluding carboxylic acids is 1. The van der Waals surface area contributed by atoms with Gasteiger partial charge in [0.05, 0.1) is 23.4 Å². The van der Waals surface area contributed by atoms with Gasteiger partial charge in [0.2, 0.25) is 0 Å². The number of aromatic nitrogens is 2. The smallest absolute Gasteiger partial charge is 0.258 e. The number of hydrogen-bond donors (Lipinski definition) is 3. The molecule has 0 aliphatic carbocycles. The van der Waals surface area contributed by atoms with Crippen LogP contribution in [0.4, 0.5) is 0 Å². The van der Waals surface area contributed by atoms with Crippen molar-refractivity contribution in [3.8, 4) is 11.5 Å². The van der Waals surface area contributed by atoms with Gasteiger partial charge in [-0.15, -0.1) is 0 Å². The van der Waals surface area contributed by atoms with Crippen LogP contribution in [0.2, 0.25) is 0 Å². The van der Waals surface area contributed by atoms with Gasteiger partial charge in [0.1, 0.15) is 11.5 Å². The number of aromatic hydroxyl groups is 1. The van der Waals surface area contributed by atoms with Crippen molar-refractivity contribution in [3.05, 3.63) is 52.7 Å². The topological polar surface area (TPSA) is 114 Å². The van der Waals surface area contributed by atoms with E-state index >= 15 is 0 Å². The molecule has 0 saturated carbocycles. The van der Waals surface area contributed by atoms with Gasteiger partial charge in [0, 0.05) is 37.8 Å². The number of aromatic amines is 1.